The zero-order valence-corrected chi connectivity index (χ0v) is 12.3. The van der Waals surface area contributed by atoms with Crippen LogP contribution in [0.4, 0.5) is 0 Å². The molecule has 2 rings (SSSR count). The number of imidazole rings is 1. The van der Waals surface area contributed by atoms with Gasteiger partial charge in [0.05, 0.1) is 6.33 Å². The minimum Gasteiger partial charge on any atom is -0.348 e. The van der Waals surface area contributed by atoms with Gasteiger partial charge in [-0.2, -0.15) is 0 Å². The molecule has 0 aliphatic heterocycles. The van der Waals surface area contributed by atoms with Crippen molar-refractivity contribution >= 4 is 5.91 Å². The number of benzene rings is 1. The molecule has 1 aromatic carbocycles. The van der Waals surface area contributed by atoms with E-state index in [0.717, 1.165) is 29.7 Å². The van der Waals surface area contributed by atoms with Gasteiger partial charge in [0.15, 0.2) is 0 Å². The first-order chi connectivity index (χ1) is 9.60. The molecule has 0 spiro atoms. The topological polar surface area (TPSA) is 46.9 Å². The zero-order chi connectivity index (χ0) is 14.5. The second kappa shape index (κ2) is 6.37. The van der Waals surface area contributed by atoms with Gasteiger partial charge in [0, 0.05) is 30.5 Å². The Morgan fingerprint density at radius 1 is 1.40 bits per heavy atom. The Morgan fingerprint density at radius 3 is 2.85 bits per heavy atom. The second-order valence-electron chi connectivity index (χ2n) is 5.16. The number of hydrogen-bond donors (Lipinski definition) is 1. The van der Waals surface area contributed by atoms with Gasteiger partial charge < -0.3 is 9.88 Å². The van der Waals surface area contributed by atoms with Crippen LogP contribution in [0.2, 0.25) is 0 Å². The van der Waals surface area contributed by atoms with Crippen LogP contribution in [0.3, 0.4) is 0 Å². The lowest BCUT2D eigenvalue weighted by atomic mass is 10.0. The summed E-state index contributed by atoms with van der Waals surface area (Å²) in [6.45, 7) is 6.78. The van der Waals surface area contributed by atoms with Crippen molar-refractivity contribution < 1.29 is 4.79 Å². The fraction of sp³-hybridized carbons (Fsp3) is 0.375. The van der Waals surface area contributed by atoms with Gasteiger partial charge in [0.1, 0.15) is 0 Å². The van der Waals surface area contributed by atoms with Crippen molar-refractivity contribution in [3.63, 3.8) is 0 Å². The lowest BCUT2D eigenvalue weighted by Gasteiger charge is -2.18. The average Bonchev–Trinajstić information content (AvgIpc) is 2.93. The van der Waals surface area contributed by atoms with Crippen LogP contribution in [0.5, 0.6) is 0 Å². The minimum atomic E-state index is -0.00170. The van der Waals surface area contributed by atoms with Gasteiger partial charge in [-0.25, -0.2) is 4.98 Å². The number of nitrogens with one attached hydrogen (secondary N) is 1. The molecule has 106 valence electrons. The maximum Gasteiger partial charge on any atom is 0.251 e. The predicted octanol–water partition coefficient (Wildman–Crippen LogP) is 2.71. The Labute approximate surface area is 119 Å². The number of amides is 1. The summed E-state index contributed by atoms with van der Waals surface area (Å²) < 4.78 is 1.98. The molecular weight excluding hydrogens is 250 g/mol. The van der Waals surface area contributed by atoms with Crippen LogP contribution in [0, 0.1) is 13.8 Å². The Balaban J connectivity index is 2.07. The first-order valence-corrected chi connectivity index (χ1v) is 6.94. The third-order valence-electron chi connectivity index (χ3n) is 3.46. The summed E-state index contributed by atoms with van der Waals surface area (Å²) in [6.07, 6.45) is 6.31. The molecule has 0 radical (unpaired) electrons. The summed E-state index contributed by atoms with van der Waals surface area (Å²) in [7, 11) is 0. The minimum absolute atomic E-state index is 0.00170. The fourth-order valence-electron chi connectivity index (χ4n) is 2.17. The molecule has 0 aliphatic carbocycles. The molecule has 1 amide bonds. The summed E-state index contributed by atoms with van der Waals surface area (Å²) >= 11 is 0. The highest BCUT2D eigenvalue weighted by Crippen LogP contribution is 2.11. The third kappa shape index (κ3) is 3.47. The van der Waals surface area contributed by atoms with E-state index in [4.69, 9.17) is 0 Å². The van der Waals surface area contributed by atoms with Gasteiger partial charge in [0.25, 0.3) is 5.91 Å². The first-order valence-electron chi connectivity index (χ1n) is 6.94. The summed E-state index contributed by atoms with van der Waals surface area (Å²) in [5.41, 5.74) is 2.86. The van der Waals surface area contributed by atoms with Gasteiger partial charge in [-0.05, 0) is 31.9 Å². The van der Waals surface area contributed by atoms with Gasteiger partial charge in [-0.3, -0.25) is 4.79 Å². The molecule has 20 heavy (non-hydrogen) atoms. The molecule has 1 aromatic heterocycles. The second-order valence-corrected chi connectivity index (χ2v) is 5.16. The standard InChI is InChI=1S/C16H21N3O/c1-4-14(10-19-8-7-17-11-19)18-16(20)15-9-12(2)5-6-13(15)3/h5-9,11,14H,4,10H2,1-3H3,(H,18,20). The number of rotatable bonds is 5. The highest BCUT2D eigenvalue weighted by molar-refractivity contribution is 5.96. The molecular formula is C16H21N3O. The smallest absolute Gasteiger partial charge is 0.251 e. The van der Waals surface area contributed by atoms with E-state index in [1.807, 2.05) is 42.8 Å². The molecule has 1 N–H and O–H groups in total. The number of aryl methyl sites for hydroxylation is 2. The van der Waals surface area contributed by atoms with Crippen LogP contribution >= 0.6 is 0 Å². The molecule has 1 heterocycles. The van der Waals surface area contributed by atoms with Gasteiger partial charge in [0.2, 0.25) is 0 Å². The summed E-state index contributed by atoms with van der Waals surface area (Å²) in [4.78, 5) is 16.4. The lowest BCUT2D eigenvalue weighted by Crippen LogP contribution is -2.37. The molecule has 0 saturated heterocycles. The third-order valence-corrected chi connectivity index (χ3v) is 3.46. The zero-order valence-electron chi connectivity index (χ0n) is 12.3. The SMILES string of the molecule is CCC(Cn1ccnc1)NC(=O)c1cc(C)ccc1C. The van der Waals surface area contributed by atoms with Gasteiger partial charge in [-0.1, -0.05) is 24.6 Å². The van der Waals surface area contributed by atoms with E-state index in [0.29, 0.717) is 0 Å². The van der Waals surface area contributed by atoms with Crippen LogP contribution in [-0.4, -0.2) is 21.5 Å². The summed E-state index contributed by atoms with van der Waals surface area (Å²) in [5.74, 6) is -0.00170. The van der Waals surface area contributed by atoms with E-state index >= 15 is 0 Å². The Bertz CT molecular complexity index is 575. The predicted molar refractivity (Wildman–Crippen MR) is 79.7 cm³/mol. The lowest BCUT2D eigenvalue weighted by molar-refractivity contribution is 0.0931. The maximum absolute atomic E-state index is 12.4. The van der Waals surface area contributed by atoms with E-state index in [9.17, 15) is 4.79 Å². The van der Waals surface area contributed by atoms with Crippen LogP contribution in [0.25, 0.3) is 0 Å². The first kappa shape index (κ1) is 14.3. The number of hydrogen-bond acceptors (Lipinski definition) is 2. The molecule has 0 aliphatic rings. The number of nitrogens with zero attached hydrogens (tertiary/aromatic N) is 2. The van der Waals surface area contributed by atoms with Crippen molar-refractivity contribution in [2.24, 2.45) is 0 Å². The fourth-order valence-corrected chi connectivity index (χ4v) is 2.17. The van der Waals surface area contributed by atoms with Crippen molar-refractivity contribution in [1.29, 1.82) is 0 Å². The van der Waals surface area contributed by atoms with E-state index in [1.165, 1.54) is 0 Å². The van der Waals surface area contributed by atoms with Gasteiger partial charge in [-0.15, -0.1) is 0 Å². The van der Waals surface area contributed by atoms with Crippen molar-refractivity contribution in [2.45, 2.75) is 39.8 Å². The van der Waals surface area contributed by atoms with Crippen LogP contribution in [-0.2, 0) is 6.54 Å². The summed E-state index contributed by atoms with van der Waals surface area (Å²) in [6, 6.07) is 6.06. The molecule has 1 atom stereocenters. The number of carbonyl (C=O) groups is 1. The van der Waals surface area contributed by atoms with E-state index in [1.54, 1.807) is 12.5 Å². The van der Waals surface area contributed by atoms with E-state index in [2.05, 4.69) is 17.2 Å². The van der Waals surface area contributed by atoms with Crippen molar-refractivity contribution in [2.75, 3.05) is 0 Å². The van der Waals surface area contributed by atoms with Crippen molar-refractivity contribution in [3.8, 4) is 0 Å². The van der Waals surface area contributed by atoms with Crippen LogP contribution < -0.4 is 5.32 Å². The van der Waals surface area contributed by atoms with Crippen molar-refractivity contribution in [3.05, 3.63) is 53.6 Å². The Kier molecular flexibility index (Phi) is 4.56. The molecule has 0 bridgehead atoms. The molecule has 4 nitrogen and oxygen atoms in total. The van der Waals surface area contributed by atoms with Crippen LogP contribution in [0.15, 0.2) is 36.9 Å². The molecule has 0 fully saturated rings. The number of carbonyl (C=O) groups excluding carboxylic acids is 1. The summed E-state index contributed by atoms with van der Waals surface area (Å²) in [5, 5.41) is 3.10. The average molecular weight is 271 g/mol. The van der Waals surface area contributed by atoms with Crippen LogP contribution in [0.1, 0.15) is 34.8 Å². The Morgan fingerprint density at radius 2 is 2.20 bits per heavy atom. The molecule has 4 heteroatoms. The van der Waals surface area contributed by atoms with Crippen molar-refractivity contribution in [1.82, 2.24) is 14.9 Å². The van der Waals surface area contributed by atoms with E-state index < -0.39 is 0 Å². The molecule has 1 unspecified atom stereocenters. The Hall–Kier alpha value is -2.10. The molecule has 2 aromatic rings. The number of aromatic nitrogens is 2. The van der Waals surface area contributed by atoms with E-state index in [-0.39, 0.29) is 11.9 Å². The maximum atomic E-state index is 12.4. The monoisotopic (exact) mass is 271 g/mol. The highest BCUT2D eigenvalue weighted by Gasteiger charge is 2.14. The highest BCUT2D eigenvalue weighted by atomic mass is 16.1. The van der Waals surface area contributed by atoms with Gasteiger partial charge >= 0.3 is 0 Å². The largest absolute Gasteiger partial charge is 0.348 e. The molecule has 0 saturated carbocycles. The normalized spacial score (nSPS) is 12.2. The quantitative estimate of drug-likeness (QED) is 0.909.